The van der Waals surface area contributed by atoms with Gasteiger partial charge in [-0.05, 0) is 45.4 Å². The fourth-order valence-electron chi connectivity index (χ4n) is 1.52. The third-order valence-corrected chi connectivity index (χ3v) is 2.25. The van der Waals surface area contributed by atoms with E-state index in [1.165, 1.54) is 0 Å². The Labute approximate surface area is 119 Å². The normalized spacial score (nSPS) is 12.1. The van der Waals surface area contributed by atoms with Crippen LogP contribution in [-0.4, -0.2) is 24.1 Å². The molecule has 2 N–H and O–H groups in total. The highest BCUT2D eigenvalue weighted by Crippen LogP contribution is 2.13. The average molecular weight is 278 g/mol. The quantitative estimate of drug-likeness (QED) is 0.679. The molecule has 1 rings (SSSR count). The summed E-state index contributed by atoms with van der Waals surface area (Å²) in [5.41, 5.74) is 6.13. The minimum Gasteiger partial charge on any atom is -0.494 e. The van der Waals surface area contributed by atoms with E-state index in [4.69, 9.17) is 15.2 Å². The van der Waals surface area contributed by atoms with Crippen LogP contribution in [-0.2, 0) is 11.2 Å². The van der Waals surface area contributed by atoms with Crippen molar-refractivity contribution in [2.24, 2.45) is 10.7 Å². The predicted octanol–water partition coefficient (Wildman–Crippen LogP) is 2.92. The van der Waals surface area contributed by atoms with E-state index < -0.39 is 11.7 Å². The number of carbonyl (C=O) groups excluding carboxylic acids is 1. The SMILES string of the molecule is CCOc1ccc(C/C(N)=N/C(=O)OC(C)(C)C)cc1. The Balaban J connectivity index is 2.61. The molecule has 0 heterocycles. The number of amidine groups is 1. The molecule has 0 unspecified atom stereocenters. The van der Waals surface area contributed by atoms with Gasteiger partial charge in [0, 0.05) is 6.42 Å². The van der Waals surface area contributed by atoms with Gasteiger partial charge >= 0.3 is 6.09 Å². The number of hydrogen-bond donors (Lipinski definition) is 1. The fraction of sp³-hybridized carbons (Fsp3) is 0.467. The lowest BCUT2D eigenvalue weighted by molar-refractivity contribution is 0.0604. The van der Waals surface area contributed by atoms with E-state index in [0.29, 0.717) is 13.0 Å². The minimum absolute atomic E-state index is 0.225. The number of aliphatic imine (C=N–C) groups is 1. The first-order chi connectivity index (χ1) is 9.30. The second kappa shape index (κ2) is 6.93. The second-order valence-corrected chi connectivity index (χ2v) is 5.34. The summed E-state index contributed by atoms with van der Waals surface area (Å²) in [7, 11) is 0. The Morgan fingerprint density at radius 1 is 1.25 bits per heavy atom. The third kappa shape index (κ3) is 6.22. The zero-order valence-electron chi connectivity index (χ0n) is 12.5. The molecule has 0 radical (unpaired) electrons. The molecule has 5 nitrogen and oxygen atoms in total. The zero-order chi connectivity index (χ0) is 15.2. The Hall–Kier alpha value is -2.04. The number of nitrogens with zero attached hydrogens (tertiary/aromatic N) is 1. The van der Waals surface area contributed by atoms with E-state index in [1.807, 2.05) is 31.2 Å². The predicted molar refractivity (Wildman–Crippen MR) is 79.2 cm³/mol. The number of carbonyl (C=O) groups is 1. The summed E-state index contributed by atoms with van der Waals surface area (Å²) in [5.74, 6) is 1.03. The number of nitrogens with two attached hydrogens (primary N) is 1. The van der Waals surface area contributed by atoms with Crippen LogP contribution in [0, 0.1) is 0 Å². The van der Waals surface area contributed by atoms with Crippen LogP contribution in [0.4, 0.5) is 4.79 Å². The molecule has 20 heavy (non-hydrogen) atoms. The molecule has 0 saturated heterocycles. The van der Waals surface area contributed by atoms with Gasteiger partial charge in [0.25, 0.3) is 0 Å². The van der Waals surface area contributed by atoms with Crippen molar-refractivity contribution in [3.8, 4) is 5.75 Å². The summed E-state index contributed by atoms with van der Waals surface area (Å²) in [4.78, 5) is 15.2. The maximum atomic E-state index is 11.5. The fourth-order valence-corrected chi connectivity index (χ4v) is 1.52. The lowest BCUT2D eigenvalue weighted by Crippen LogP contribution is -2.24. The summed E-state index contributed by atoms with van der Waals surface area (Å²) in [5, 5.41) is 0. The van der Waals surface area contributed by atoms with E-state index in [2.05, 4.69) is 4.99 Å². The van der Waals surface area contributed by atoms with Crippen molar-refractivity contribution in [2.45, 2.75) is 39.7 Å². The van der Waals surface area contributed by atoms with Crippen molar-refractivity contribution in [3.05, 3.63) is 29.8 Å². The summed E-state index contributed by atoms with van der Waals surface area (Å²) < 4.78 is 10.4. The number of amides is 1. The third-order valence-electron chi connectivity index (χ3n) is 2.25. The van der Waals surface area contributed by atoms with E-state index >= 15 is 0 Å². The first-order valence-corrected chi connectivity index (χ1v) is 6.58. The molecule has 0 bridgehead atoms. The van der Waals surface area contributed by atoms with Crippen LogP contribution in [0.25, 0.3) is 0 Å². The van der Waals surface area contributed by atoms with Gasteiger partial charge in [-0.1, -0.05) is 12.1 Å². The van der Waals surface area contributed by atoms with Crippen molar-refractivity contribution in [1.29, 1.82) is 0 Å². The first kappa shape index (κ1) is 16.0. The average Bonchev–Trinajstić information content (AvgIpc) is 2.29. The van der Waals surface area contributed by atoms with Crippen molar-refractivity contribution >= 4 is 11.9 Å². The Kier molecular flexibility index (Phi) is 5.55. The Morgan fingerprint density at radius 3 is 2.35 bits per heavy atom. The highest BCUT2D eigenvalue weighted by molar-refractivity contribution is 5.92. The maximum absolute atomic E-state index is 11.5. The molecule has 0 spiro atoms. The topological polar surface area (TPSA) is 73.9 Å². The first-order valence-electron chi connectivity index (χ1n) is 6.58. The smallest absolute Gasteiger partial charge is 0.435 e. The van der Waals surface area contributed by atoms with Gasteiger partial charge in [0.05, 0.1) is 6.61 Å². The van der Waals surface area contributed by atoms with Crippen LogP contribution in [0.15, 0.2) is 29.3 Å². The highest BCUT2D eigenvalue weighted by Gasteiger charge is 2.15. The van der Waals surface area contributed by atoms with Crippen molar-refractivity contribution < 1.29 is 14.3 Å². The molecule has 0 fully saturated rings. The lowest BCUT2D eigenvalue weighted by Gasteiger charge is -2.17. The standard InChI is InChI=1S/C15H22N2O3/c1-5-19-12-8-6-11(7-9-12)10-13(16)17-14(18)20-15(2,3)4/h6-9H,5,10H2,1-4H3,(H2,16,17,18). The summed E-state index contributed by atoms with van der Waals surface area (Å²) in [6.45, 7) is 7.90. The van der Waals surface area contributed by atoms with Crippen LogP contribution in [0.5, 0.6) is 5.75 Å². The van der Waals surface area contributed by atoms with Gasteiger partial charge in [-0.15, -0.1) is 0 Å². The molecule has 0 aliphatic rings. The molecule has 5 heteroatoms. The molecule has 0 aliphatic heterocycles. The van der Waals surface area contributed by atoms with E-state index in [-0.39, 0.29) is 5.84 Å². The maximum Gasteiger partial charge on any atom is 0.435 e. The number of ether oxygens (including phenoxy) is 2. The van der Waals surface area contributed by atoms with Gasteiger partial charge in [-0.25, -0.2) is 4.79 Å². The van der Waals surface area contributed by atoms with Crippen LogP contribution in [0.2, 0.25) is 0 Å². The minimum atomic E-state index is -0.666. The van der Waals surface area contributed by atoms with Crippen molar-refractivity contribution in [1.82, 2.24) is 0 Å². The molecule has 0 saturated carbocycles. The van der Waals surface area contributed by atoms with Gasteiger partial charge in [-0.3, -0.25) is 0 Å². The zero-order valence-corrected chi connectivity index (χ0v) is 12.5. The molecule has 0 aliphatic carbocycles. The van der Waals surface area contributed by atoms with E-state index in [9.17, 15) is 4.79 Å². The molecule has 0 aromatic heterocycles. The molecular formula is C15H22N2O3. The summed E-state index contributed by atoms with van der Waals surface area (Å²) in [6, 6.07) is 7.50. The van der Waals surface area contributed by atoms with Gasteiger partial charge in [-0.2, -0.15) is 4.99 Å². The van der Waals surface area contributed by atoms with Crippen molar-refractivity contribution in [2.75, 3.05) is 6.61 Å². The van der Waals surface area contributed by atoms with Crippen LogP contribution in [0.1, 0.15) is 33.3 Å². The van der Waals surface area contributed by atoms with E-state index in [1.54, 1.807) is 20.8 Å². The number of rotatable bonds is 4. The van der Waals surface area contributed by atoms with Crippen LogP contribution < -0.4 is 10.5 Å². The van der Waals surface area contributed by atoms with Gasteiger partial charge in [0.1, 0.15) is 17.2 Å². The van der Waals surface area contributed by atoms with Gasteiger partial charge < -0.3 is 15.2 Å². The molecule has 1 aromatic rings. The van der Waals surface area contributed by atoms with Gasteiger partial charge in [0.2, 0.25) is 0 Å². The second-order valence-electron chi connectivity index (χ2n) is 5.34. The molecule has 1 amide bonds. The summed E-state index contributed by atoms with van der Waals surface area (Å²) in [6.07, 6.45) is -0.271. The Morgan fingerprint density at radius 2 is 1.85 bits per heavy atom. The van der Waals surface area contributed by atoms with E-state index in [0.717, 1.165) is 11.3 Å². The lowest BCUT2D eigenvalue weighted by atomic mass is 10.1. The van der Waals surface area contributed by atoms with Crippen LogP contribution >= 0.6 is 0 Å². The largest absolute Gasteiger partial charge is 0.494 e. The van der Waals surface area contributed by atoms with Gasteiger partial charge in [0.15, 0.2) is 0 Å². The number of hydrogen-bond acceptors (Lipinski definition) is 3. The number of benzene rings is 1. The molecule has 110 valence electrons. The monoisotopic (exact) mass is 278 g/mol. The molecule has 0 atom stereocenters. The highest BCUT2D eigenvalue weighted by atomic mass is 16.6. The molecule has 1 aromatic carbocycles. The molecular weight excluding hydrogens is 256 g/mol. The Bertz CT molecular complexity index is 473. The summed E-state index contributed by atoms with van der Waals surface area (Å²) >= 11 is 0. The van der Waals surface area contributed by atoms with Crippen LogP contribution in [0.3, 0.4) is 0 Å². The van der Waals surface area contributed by atoms with Crippen molar-refractivity contribution in [3.63, 3.8) is 0 Å².